The summed E-state index contributed by atoms with van der Waals surface area (Å²) in [6, 6.07) is 19.6. The summed E-state index contributed by atoms with van der Waals surface area (Å²) < 4.78 is 37.8. The number of halogens is 1. The molecule has 3 aromatic rings. The van der Waals surface area contributed by atoms with E-state index < -0.39 is 28.4 Å². The van der Waals surface area contributed by atoms with Gasteiger partial charge in [-0.05, 0) is 54.4 Å². The molecular formula is C25H25ClN2O6S. The average Bonchev–Trinajstić information content (AvgIpc) is 2.86. The first-order valence-corrected chi connectivity index (χ1v) is 12.4. The minimum absolute atomic E-state index is 0.0495. The minimum atomic E-state index is -4.06. The first-order chi connectivity index (χ1) is 16.7. The standard InChI is InChI=1S/C25H25ClN2O6S/c1-33-23-13-12-21(16-22(23)26)35(31,32)28(15-14-18-6-4-3-5-7-18)17-24(29)27-20-10-8-19(9-11-20)25(30)34-2/h3-13,16H,14-15,17H2,1-2H3,(H,27,29). The van der Waals surface area contributed by atoms with E-state index in [2.05, 4.69) is 10.1 Å². The van der Waals surface area contributed by atoms with E-state index in [0.717, 1.165) is 9.87 Å². The zero-order chi connectivity index (χ0) is 25.4. The van der Waals surface area contributed by atoms with Crippen LogP contribution >= 0.6 is 11.6 Å². The van der Waals surface area contributed by atoms with Gasteiger partial charge in [-0.25, -0.2) is 13.2 Å². The second-order valence-electron chi connectivity index (χ2n) is 7.49. The van der Waals surface area contributed by atoms with Crippen molar-refractivity contribution in [2.24, 2.45) is 0 Å². The lowest BCUT2D eigenvalue weighted by Gasteiger charge is -2.22. The Kier molecular flexibility index (Phi) is 8.86. The average molecular weight is 517 g/mol. The van der Waals surface area contributed by atoms with Gasteiger partial charge in [0.15, 0.2) is 0 Å². The molecule has 184 valence electrons. The summed E-state index contributed by atoms with van der Waals surface area (Å²) in [6.45, 7) is -0.345. The first kappa shape index (κ1) is 26.2. The number of esters is 1. The quantitative estimate of drug-likeness (QED) is 0.408. The van der Waals surface area contributed by atoms with Crippen LogP contribution in [0.4, 0.5) is 5.69 Å². The molecule has 0 bridgehead atoms. The fourth-order valence-corrected chi connectivity index (χ4v) is 5.05. The molecule has 0 radical (unpaired) electrons. The Labute approximate surface area is 209 Å². The summed E-state index contributed by atoms with van der Waals surface area (Å²) in [5, 5.41) is 2.81. The van der Waals surface area contributed by atoms with Crippen molar-refractivity contribution in [3.8, 4) is 5.75 Å². The van der Waals surface area contributed by atoms with Crippen molar-refractivity contribution < 1.29 is 27.5 Å². The Morgan fingerprint density at radius 2 is 1.66 bits per heavy atom. The molecule has 0 spiro atoms. The van der Waals surface area contributed by atoms with E-state index in [1.165, 1.54) is 56.7 Å². The summed E-state index contributed by atoms with van der Waals surface area (Å²) in [5.74, 6) is -0.694. The number of methoxy groups -OCH3 is 2. The number of anilines is 1. The van der Waals surface area contributed by atoms with Gasteiger partial charge in [0.1, 0.15) is 5.75 Å². The fraction of sp³-hybridized carbons (Fsp3) is 0.200. The Morgan fingerprint density at radius 3 is 2.26 bits per heavy atom. The van der Waals surface area contributed by atoms with E-state index in [4.69, 9.17) is 16.3 Å². The van der Waals surface area contributed by atoms with Crippen LogP contribution in [0.2, 0.25) is 5.02 Å². The molecule has 3 rings (SSSR count). The molecule has 1 N–H and O–H groups in total. The van der Waals surface area contributed by atoms with E-state index in [0.29, 0.717) is 23.4 Å². The molecule has 35 heavy (non-hydrogen) atoms. The first-order valence-electron chi connectivity index (χ1n) is 10.6. The van der Waals surface area contributed by atoms with Crippen molar-refractivity contribution in [2.45, 2.75) is 11.3 Å². The molecule has 10 heteroatoms. The predicted octanol–water partition coefficient (Wildman–Crippen LogP) is 4.01. The number of benzene rings is 3. The number of hydrogen-bond acceptors (Lipinski definition) is 6. The van der Waals surface area contributed by atoms with Crippen LogP contribution in [0.3, 0.4) is 0 Å². The molecule has 0 aliphatic rings. The number of carbonyl (C=O) groups excluding carboxylic acids is 2. The number of carbonyl (C=O) groups is 2. The SMILES string of the molecule is COC(=O)c1ccc(NC(=O)CN(CCc2ccccc2)S(=O)(=O)c2ccc(OC)c(Cl)c2)cc1. The number of ether oxygens (including phenoxy) is 2. The van der Waals surface area contributed by atoms with Crippen molar-refractivity contribution in [1.29, 1.82) is 0 Å². The van der Waals surface area contributed by atoms with Crippen LogP contribution in [0.15, 0.2) is 77.7 Å². The lowest BCUT2D eigenvalue weighted by molar-refractivity contribution is -0.116. The molecule has 1 amide bonds. The van der Waals surface area contributed by atoms with Crippen LogP contribution in [-0.2, 0) is 26.0 Å². The Bertz CT molecular complexity index is 1280. The van der Waals surface area contributed by atoms with Crippen LogP contribution in [0.5, 0.6) is 5.75 Å². The monoisotopic (exact) mass is 516 g/mol. The topological polar surface area (TPSA) is 102 Å². The maximum Gasteiger partial charge on any atom is 0.337 e. The van der Waals surface area contributed by atoms with Crippen LogP contribution in [0.1, 0.15) is 15.9 Å². The van der Waals surface area contributed by atoms with Crippen molar-refractivity contribution in [1.82, 2.24) is 4.31 Å². The molecule has 0 saturated carbocycles. The second kappa shape index (κ2) is 11.8. The number of nitrogens with one attached hydrogen (secondary N) is 1. The highest BCUT2D eigenvalue weighted by molar-refractivity contribution is 7.89. The van der Waals surface area contributed by atoms with Crippen LogP contribution in [0.25, 0.3) is 0 Å². The molecule has 0 atom stereocenters. The van der Waals surface area contributed by atoms with Gasteiger partial charge < -0.3 is 14.8 Å². The highest BCUT2D eigenvalue weighted by atomic mass is 35.5. The fourth-order valence-electron chi connectivity index (χ4n) is 3.31. The molecule has 0 fully saturated rings. The third-order valence-electron chi connectivity index (χ3n) is 5.16. The van der Waals surface area contributed by atoms with E-state index >= 15 is 0 Å². The summed E-state index contributed by atoms with van der Waals surface area (Å²) in [4.78, 5) is 24.3. The molecule has 3 aromatic carbocycles. The lowest BCUT2D eigenvalue weighted by Crippen LogP contribution is -2.39. The van der Waals surface area contributed by atoms with E-state index in [1.54, 1.807) is 0 Å². The van der Waals surface area contributed by atoms with Gasteiger partial charge in [0.2, 0.25) is 15.9 Å². The van der Waals surface area contributed by atoms with Gasteiger partial charge in [-0.2, -0.15) is 4.31 Å². The van der Waals surface area contributed by atoms with Gasteiger partial charge in [0, 0.05) is 12.2 Å². The van der Waals surface area contributed by atoms with Crippen LogP contribution in [0, 0.1) is 0 Å². The van der Waals surface area contributed by atoms with Crippen molar-refractivity contribution in [2.75, 3.05) is 32.6 Å². The smallest absolute Gasteiger partial charge is 0.337 e. The number of amides is 1. The Balaban J connectivity index is 1.81. The maximum absolute atomic E-state index is 13.4. The van der Waals surface area contributed by atoms with Crippen LogP contribution < -0.4 is 10.1 Å². The second-order valence-corrected chi connectivity index (χ2v) is 9.83. The van der Waals surface area contributed by atoms with Gasteiger partial charge in [-0.15, -0.1) is 0 Å². The molecule has 0 unspecified atom stereocenters. The summed E-state index contributed by atoms with van der Waals surface area (Å²) in [6.07, 6.45) is 0.408. The summed E-state index contributed by atoms with van der Waals surface area (Å²) in [7, 11) is -1.35. The minimum Gasteiger partial charge on any atom is -0.495 e. The highest BCUT2D eigenvalue weighted by Gasteiger charge is 2.27. The predicted molar refractivity (Wildman–Crippen MR) is 133 cm³/mol. The molecular weight excluding hydrogens is 492 g/mol. The Hall–Kier alpha value is -3.40. The van der Waals surface area contributed by atoms with Gasteiger partial charge in [-0.3, -0.25) is 4.79 Å². The van der Waals surface area contributed by atoms with Gasteiger partial charge >= 0.3 is 5.97 Å². The van der Waals surface area contributed by atoms with Gasteiger partial charge in [0.05, 0.1) is 36.2 Å². The van der Waals surface area contributed by atoms with Crippen molar-refractivity contribution in [3.05, 3.63) is 88.9 Å². The lowest BCUT2D eigenvalue weighted by atomic mass is 10.1. The number of hydrogen-bond donors (Lipinski definition) is 1. The molecule has 0 aliphatic heterocycles. The third kappa shape index (κ3) is 6.82. The van der Waals surface area contributed by atoms with Gasteiger partial charge in [0.25, 0.3) is 0 Å². The number of sulfonamides is 1. The third-order valence-corrected chi connectivity index (χ3v) is 7.30. The molecule has 0 aliphatic carbocycles. The largest absolute Gasteiger partial charge is 0.495 e. The maximum atomic E-state index is 13.4. The van der Waals surface area contributed by atoms with Gasteiger partial charge in [-0.1, -0.05) is 41.9 Å². The van der Waals surface area contributed by atoms with Crippen molar-refractivity contribution >= 4 is 39.2 Å². The molecule has 0 saturated heterocycles. The molecule has 8 nitrogen and oxygen atoms in total. The highest BCUT2D eigenvalue weighted by Crippen LogP contribution is 2.28. The Morgan fingerprint density at radius 1 is 0.971 bits per heavy atom. The zero-order valence-corrected chi connectivity index (χ0v) is 20.8. The normalized spacial score (nSPS) is 11.2. The molecule has 0 heterocycles. The van der Waals surface area contributed by atoms with E-state index in [1.807, 2.05) is 30.3 Å². The van der Waals surface area contributed by atoms with E-state index in [-0.39, 0.29) is 16.5 Å². The number of nitrogens with zero attached hydrogens (tertiary/aromatic N) is 1. The van der Waals surface area contributed by atoms with Crippen molar-refractivity contribution in [3.63, 3.8) is 0 Å². The number of rotatable bonds is 10. The summed E-state index contributed by atoms with van der Waals surface area (Å²) in [5.41, 5.74) is 1.67. The van der Waals surface area contributed by atoms with Crippen LogP contribution in [-0.4, -0.2) is 51.9 Å². The molecule has 0 aromatic heterocycles. The summed E-state index contributed by atoms with van der Waals surface area (Å²) >= 11 is 6.15. The van der Waals surface area contributed by atoms with E-state index in [9.17, 15) is 18.0 Å². The zero-order valence-electron chi connectivity index (χ0n) is 19.2.